The van der Waals surface area contributed by atoms with Crippen LogP contribution in [0.25, 0.3) is 11.0 Å². The number of carbonyl (C=O) groups is 1. The lowest BCUT2D eigenvalue weighted by molar-refractivity contribution is 0.0951. The molecule has 1 aromatic heterocycles. The number of phenolic OH excluding ortho intramolecular Hbond substituents is 1. The molecule has 0 atom stereocenters. The van der Waals surface area contributed by atoms with E-state index in [9.17, 15) is 9.90 Å². The Morgan fingerprint density at radius 3 is 2.95 bits per heavy atom. The number of phenols is 1. The number of aromatic hydroxyl groups is 1. The first kappa shape index (κ1) is 12.2. The SMILES string of the molecule is O=C(NCc1ccccc1O)c1ccc2nc[nH]c2c1. The number of nitrogens with one attached hydrogen (secondary N) is 2. The van der Waals surface area contributed by atoms with Gasteiger partial charge in [-0.15, -0.1) is 0 Å². The van der Waals surface area contributed by atoms with Crippen molar-refractivity contribution < 1.29 is 9.90 Å². The maximum atomic E-state index is 12.1. The lowest BCUT2D eigenvalue weighted by atomic mass is 10.1. The zero-order chi connectivity index (χ0) is 13.9. The summed E-state index contributed by atoms with van der Waals surface area (Å²) in [4.78, 5) is 19.1. The molecule has 0 saturated carbocycles. The number of aromatic nitrogens is 2. The molecule has 3 N–H and O–H groups in total. The predicted octanol–water partition coefficient (Wildman–Crippen LogP) is 2.20. The normalized spacial score (nSPS) is 10.6. The van der Waals surface area contributed by atoms with E-state index >= 15 is 0 Å². The van der Waals surface area contributed by atoms with Crippen molar-refractivity contribution in [1.29, 1.82) is 0 Å². The van der Waals surface area contributed by atoms with Gasteiger partial charge in [-0.1, -0.05) is 18.2 Å². The number of benzene rings is 2. The van der Waals surface area contributed by atoms with Crippen LogP contribution >= 0.6 is 0 Å². The third-order valence-corrected chi connectivity index (χ3v) is 3.11. The first-order valence-electron chi connectivity index (χ1n) is 6.22. The Morgan fingerprint density at radius 1 is 1.25 bits per heavy atom. The van der Waals surface area contributed by atoms with Gasteiger partial charge in [-0.05, 0) is 24.3 Å². The summed E-state index contributed by atoms with van der Waals surface area (Å²) in [5.41, 5.74) is 2.88. The van der Waals surface area contributed by atoms with Crippen molar-refractivity contribution in [3.8, 4) is 5.75 Å². The maximum absolute atomic E-state index is 12.1. The number of carbonyl (C=O) groups excluding carboxylic acids is 1. The minimum Gasteiger partial charge on any atom is -0.508 e. The summed E-state index contributed by atoms with van der Waals surface area (Å²) < 4.78 is 0. The second-order valence-corrected chi connectivity index (χ2v) is 4.45. The zero-order valence-electron chi connectivity index (χ0n) is 10.6. The number of aromatic amines is 1. The fraction of sp³-hybridized carbons (Fsp3) is 0.0667. The van der Waals surface area contributed by atoms with Crippen LogP contribution in [0.1, 0.15) is 15.9 Å². The summed E-state index contributed by atoms with van der Waals surface area (Å²) in [7, 11) is 0. The van der Waals surface area contributed by atoms with Crippen LogP contribution in [-0.2, 0) is 6.54 Å². The van der Waals surface area contributed by atoms with E-state index in [1.54, 1.807) is 42.7 Å². The van der Waals surface area contributed by atoms with E-state index in [0.717, 1.165) is 11.0 Å². The van der Waals surface area contributed by atoms with E-state index < -0.39 is 0 Å². The molecule has 2 aromatic carbocycles. The van der Waals surface area contributed by atoms with Crippen molar-refractivity contribution in [3.63, 3.8) is 0 Å². The average Bonchev–Trinajstić information content (AvgIpc) is 2.93. The molecule has 3 aromatic rings. The van der Waals surface area contributed by atoms with Crippen molar-refractivity contribution in [1.82, 2.24) is 15.3 Å². The van der Waals surface area contributed by atoms with Gasteiger partial charge < -0.3 is 15.4 Å². The monoisotopic (exact) mass is 267 g/mol. The van der Waals surface area contributed by atoms with Gasteiger partial charge >= 0.3 is 0 Å². The fourth-order valence-electron chi connectivity index (χ4n) is 2.01. The highest BCUT2D eigenvalue weighted by atomic mass is 16.3. The summed E-state index contributed by atoms with van der Waals surface area (Å²) in [6.45, 7) is 0.284. The quantitative estimate of drug-likeness (QED) is 0.680. The first-order chi connectivity index (χ1) is 9.74. The fourth-order valence-corrected chi connectivity index (χ4v) is 2.01. The van der Waals surface area contributed by atoms with Crippen LogP contribution in [0.5, 0.6) is 5.75 Å². The number of hydrogen-bond acceptors (Lipinski definition) is 3. The van der Waals surface area contributed by atoms with Gasteiger partial charge in [0, 0.05) is 17.7 Å². The van der Waals surface area contributed by atoms with Gasteiger partial charge in [0.05, 0.1) is 17.4 Å². The molecule has 5 nitrogen and oxygen atoms in total. The molecule has 0 saturated heterocycles. The Kier molecular flexibility index (Phi) is 3.09. The minimum atomic E-state index is -0.190. The number of nitrogens with zero attached hydrogens (tertiary/aromatic N) is 1. The van der Waals surface area contributed by atoms with Gasteiger partial charge in [0.1, 0.15) is 5.75 Å². The van der Waals surface area contributed by atoms with Crippen molar-refractivity contribution in [2.75, 3.05) is 0 Å². The molecule has 100 valence electrons. The molecule has 0 unspecified atom stereocenters. The van der Waals surface area contributed by atoms with Crippen LogP contribution in [0.2, 0.25) is 0 Å². The van der Waals surface area contributed by atoms with Crippen LogP contribution in [-0.4, -0.2) is 21.0 Å². The van der Waals surface area contributed by atoms with Crippen LogP contribution in [0.15, 0.2) is 48.8 Å². The zero-order valence-corrected chi connectivity index (χ0v) is 10.6. The second kappa shape index (κ2) is 5.05. The molecule has 0 aliphatic carbocycles. The molecular weight excluding hydrogens is 254 g/mol. The number of rotatable bonds is 3. The molecule has 0 bridgehead atoms. The Bertz CT molecular complexity index is 764. The highest BCUT2D eigenvalue weighted by Gasteiger charge is 2.08. The molecule has 1 amide bonds. The lowest BCUT2D eigenvalue weighted by Gasteiger charge is -2.07. The topological polar surface area (TPSA) is 78.0 Å². The minimum absolute atomic E-state index is 0.178. The molecule has 0 radical (unpaired) electrons. The molecule has 0 fully saturated rings. The number of para-hydroxylation sites is 1. The maximum Gasteiger partial charge on any atom is 0.251 e. The van der Waals surface area contributed by atoms with Crippen molar-refractivity contribution in [2.24, 2.45) is 0 Å². The molecule has 3 rings (SSSR count). The molecule has 0 aliphatic rings. The molecule has 0 aliphatic heterocycles. The summed E-state index contributed by atoms with van der Waals surface area (Å²) in [6, 6.07) is 12.2. The number of fused-ring (bicyclic) bond motifs is 1. The van der Waals surface area contributed by atoms with E-state index in [1.165, 1.54) is 0 Å². The van der Waals surface area contributed by atoms with Gasteiger partial charge in [-0.25, -0.2) is 4.98 Å². The van der Waals surface area contributed by atoms with Gasteiger partial charge in [0.15, 0.2) is 0 Å². The van der Waals surface area contributed by atoms with E-state index in [4.69, 9.17) is 0 Å². The van der Waals surface area contributed by atoms with E-state index in [2.05, 4.69) is 15.3 Å². The van der Waals surface area contributed by atoms with Crippen LogP contribution in [0.4, 0.5) is 0 Å². The third kappa shape index (κ3) is 2.33. The van der Waals surface area contributed by atoms with Gasteiger partial charge in [-0.2, -0.15) is 0 Å². The number of imidazole rings is 1. The average molecular weight is 267 g/mol. The van der Waals surface area contributed by atoms with Gasteiger partial charge in [0.2, 0.25) is 0 Å². The van der Waals surface area contributed by atoms with Crippen molar-refractivity contribution >= 4 is 16.9 Å². The highest BCUT2D eigenvalue weighted by Crippen LogP contribution is 2.16. The summed E-state index contributed by atoms with van der Waals surface area (Å²) in [5.74, 6) is -0.0124. The molecule has 1 heterocycles. The van der Waals surface area contributed by atoms with Gasteiger partial charge in [-0.3, -0.25) is 4.79 Å². The predicted molar refractivity (Wildman–Crippen MR) is 75.4 cm³/mol. The van der Waals surface area contributed by atoms with Gasteiger partial charge in [0.25, 0.3) is 5.91 Å². The molecule has 0 spiro atoms. The second-order valence-electron chi connectivity index (χ2n) is 4.45. The highest BCUT2D eigenvalue weighted by molar-refractivity contribution is 5.97. The molecule has 5 heteroatoms. The van der Waals surface area contributed by atoms with Crippen LogP contribution < -0.4 is 5.32 Å². The van der Waals surface area contributed by atoms with Crippen molar-refractivity contribution in [2.45, 2.75) is 6.54 Å². The lowest BCUT2D eigenvalue weighted by Crippen LogP contribution is -2.22. The van der Waals surface area contributed by atoms with E-state index in [1.807, 2.05) is 6.07 Å². The number of amides is 1. The first-order valence-corrected chi connectivity index (χ1v) is 6.22. The van der Waals surface area contributed by atoms with Crippen LogP contribution in [0, 0.1) is 0 Å². The van der Waals surface area contributed by atoms with E-state index in [0.29, 0.717) is 11.1 Å². The van der Waals surface area contributed by atoms with Crippen LogP contribution in [0.3, 0.4) is 0 Å². The van der Waals surface area contributed by atoms with Crippen molar-refractivity contribution in [3.05, 3.63) is 59.9 Å². The standard InChI is InChI=1S/C15H13N3O2/c19-14-4-2-1-3-11(14)8-16-15(20)10-5-6-12-13(7-10)18-9-17-12/h1-7,9,19H,8H2,(H,16,20)(H,17,18). The Hall–Kier alpha value is -2.82. The summed E-state index contributed by atoms with van der Waals surface area (Å²) in [6.07, 6.45) is 1.59. The van der Waals surface area contributed by atoms with E-state index in [-0.39, 0.29) is 18.2 Å². The molecular formula is C15H13N3O2. The summed E-state index contributed by atoms with van der Waals surface area (Å²) in [5, 5.41) is 12.4. The number of hydrogen-bond donors (Lipinski definition) is 3. The molecule has 20 heavy (non-hydrogen) atoms. The Morgan fingerprint density at radius 2 is 2.10 bits per heavy atom. The third-order valence-electron chi connectivity index (χ3n) is 3.11. The number of H-pyrrole nitrogens is 1. The Balaban J connectivity index is 1.74. The largest absolute Gasteiger partial charge is 0.508 e. The smallest absolute Gasteiger partial charge is 0.251 e. The Labute approximate surface area is 115 Å². The summed E-state index contributed by atoms with van der Waals surface area (Å²) >= 11 is 0.